The molecule has 2 aromatic rings. The van der Waals surface area contributed by atoms with Gasteiger partial charge in [0.05, 0.1) is 33.7 Å². The molecule has 0 unspecified atom stereocenters. The molecule has 0 aromatic heterocycles. The second-order valence-corrected chi connectivity index (χ2v) is 9.00. The zero-order chi connectivity index (χ0) is 23.5. The Hall–Kier alpha value is -2.77. The number of alkyl halides is 3. The Morgan fingerprint density at radius 2 is 1.97 bits per heavy atom. The van der Waals surface area contributed by atoms with Crippen molar-refractivity contribution in [3.63, 3.8) is 0 Å². The maximum absolute atomic E-state index is 13.3. The molecule has 1 atom stereocenters. The van der Waals surface area contributed by atoms with Crippen molar-refractivity contribution >= 4 is 45.2 Å². The van der Waals surface area contributed by atoms with Crippen molar-refractivity contribution in [2.24, 2.45) is 0 Å². The van der Waals surface area contributed by atoms with Crippen LogP contribution in [-0.2, 0) is 15.8 Å². The van der Waals surface area contributed by atoms with Gasteiger partial charge in [-0.2, -0.15) is 18.4 Å². The summed E-state index contributed by atoms with van der Waals surface area (Å²) in [6.45, 7) is 1.92. The average Bonchev–Trinajstić information content (AvgIpc) is 2.73. The first kappa shape index (κ1) is 23.9. The summed E-state index contributed by atoms with van der Waals surface area (Å²) >= 11 is 3.89. The lowest BCUT2D eigenvalue weighted by atomic mass is 9.87. The topological polar surface area (TPSA) is 82.0 Å². The van der Waals surface area contributed by atoms with E-state index in [0.29, 0.717) is 5.57 Å². The van der Waals surface area contributed by atoms with Crippen LogP contribution in [-0.4, -0.2) is 17.6 Å². The van der Waals surface area contributed by atoms with Gasteiger partial charge in [0.2, 0.25) is 11.8 Å². The summed E-state index contributed by atoms with van der Waals surface area (Å²) in [6, 6.07) is 13.0. The molecule has 1 heterocycles. The van der Waals surface area contributed by atoms with Gasteiger partial charge in [0.1, 0.15) is 0 Å². The van der Waals surface area contributed by atoms with Crippen LogP contribution < -0.4 is 10.6 Å². The molecule has 1 aliphatic heterocycles. The molecule has 0 bridgehead atoms. The van der Waals surface area contributed by atoms with E-state index in [0.717, 1.165) is 35.0 Å². The highest BCUT2D eigenvalue weighted by atomic mass is 79.9. The minimum absolute atomic E-state index is 0.0933. The highest BCUT2D eigenvalue weighted by molar-refractivity contribution is 9.10. The van der Waals surface area contributed by atoms with Gasteiger partial charge >= 0.3 is 6.18 Å². The number of allylic oxidation sites excluding steroid dienone is 1. The van der Waals surface area contributed by atoms with Crippen LogP contribution >= 0.6 is 27.7 Å². The molecule has 0 radical (unpaired) electrons. The second-order valence-electron chi connectivity index (χ2n) is 7.09. The molecule has 10 heteroatoms. The van der Waals surface area contributed by atoms with E-state index < -0.39 is 23.6 Å². The number of amides is 2. The number of hydrogen-bond donors (Lipinski definition) is 2. The molecule has 1 aliphatic rings. The number of nitrogens with zero attached hydrogens (tertiary/aromatic N) is 1. The van der Waals surface area contributed by atoms with Gasteiger partial charge in [0.15, 0.2) is 0 Å². The Morgan fingerprint density at radius 1 is 1.28 bits per heavy atom. The molecule has 0 aliphatic carbocycles. The number of carbonyl (C=O) groups excluding carboxylic acids is 2. The number of anilines is 1. The molecule has 5 nitrogen and oxygen atoms in total. The van der Waals surface area contributed by atoms with E-state index in [9.17, 15) is 28.0 Å². The Balaban J connectivity index is 1.78. The SMILES string of the molecule is Cc1ccc([C@H]2CC(=O)NC(SCC(=O)Nc3ccc(Br)cc3C(F)(F)F)=C2C#N)cc1. The Bertz CT molecular complexity index is 1120. The van der Waals surface area contributed by atoms with E-state index in [2.05, 4.69) is 32.6 Å². The van der Waals surface area contributed by atoms with Gasteiger partial charge in [-0.05, 0) is 30.7 Å². The monoisotopic (exact) mass is 523 g/mol. The minimum Gasteiger partial charge on any atom is -0.325 e. The minimum atomic E-state index is -4.64. The number of aryl methyl sites for hydroxylation is 1. The van der Waals surface area contributed by atoms with Crippen molar-refractivity contribution in [2.45, 2.75) is 25.4 Å². The van der Waals surface area contributed by atoms with E-state index in [1.165, 1.54) is 6.07 Å². The average molecular weight is 524 g/mol. The number of thioether (sulfide) groups is 1. The summed E-state index contributed by atoms with van der Waals surface area (Å²) in [5, 5.41) is 14.8. The quantitative estimate of drug-likeness (QED) is 0.543. The van der Waals surface area contributed by atoms with Gasteiger partial charge in [0.25, 0.3) is 0 Å². The van der Waals surface area contributed by atoms with Gasteiger partial charge in [-0.15, -0.1) is 0 Å². The van der Waals surface area contributed by atoms with E-state index in [-0.39, 0.29) is 33.3 Å². The second kappa shape index (κ2) is 9.79. The number of halogens is 4. The fourth-order valence-electron chi connectivity index (χ4n) is 3.20. The van der Waals surface area contributed by atoms with Crippen LogP contribution in [0.5, 0.6) is 0 Å². The molecule has 2 amide bonds. The fourth-order valence-corrected chi connectivity index (χ4v) is 4.44. The third kappa shape index (κ3) is 5.72. The molecule has 2 N–H and O–H groups in total. The molecular formula is C22H17BrF3N3O2S. The zero-order valence-electron chi connectivity index (χ0n) is 16.7. The summed E-state index contributed by atoms with van der Waals surface area (Å²) in [6.07, 6.45) is -4.55. The van der Waals surface area contributed by atoms with Gasteiger partial charge < -0.3 is 10.6 Å². The first-order valence-corrected chi connectivity index (χ1v) is 11.2. The third-order valence-corrected chi connectivity index (χ3v) is 6.25. The predicted octanol–water partition coefficient (Wildman–Crippen LogP) is 5.49. The van der Waals surface area contributed by atoms with E-state index in [4.69, 9.17) is 0 Å². The van der Waals surface area contributed by atoms with Crippen molar-refractivity contribution in [1.82, 2.24) is 5.32 Å². The fraction of sp³-hybridized carbons (Fsp3) is 0.227. The Kier molecular flexibility index (Phi) is 7.31. The summed E-state index contributed by atoms with van der Waals surface area (Å²) in [7, 11) is 0. The van der Waals surface area contributed by atoms with Crippen molar-refractivity contribution < 1.29 is 22.8 Å². The standard InChI is InChI=1S/C22H17BrF3N3O2S/c1-12-2-4-13(5-3-12)15-9-19(30)29-21(16(15)10-27)32-11-20(31)28-18-7-6-14(23)8-17(18)22(24,25)26/h2-8,15H,9,11H2,1H3,(H,28,31)(H,29,30)/t15-/m1/s1. The first-order chi connectivity index (χ1) is 15.1. The highest BCUT2D eigenvalue weighted by Gasteiger charge is 2.34. The number of hydrogen-bond acceptors (Lipinski definition) is 4. The van der Waals surface area contributed by atoms with Crippen LogP contribution in [0.2, 0.25) is 0 Å². The summed E-state index contributed by atoms with van der Waals surface area (Å²) in [5.74, 6) is -1.73. The van der Waals surface area contributed by atoms with E-state index in [1.807, 2.05) is 31.2 Å². The van der Waals surface area contributed by atoms with Crippen LogP contribution in [0.3, 0.4) is 0 Å². The van der Waals surface area contributed by atoms with Crippen LogP contribution in [0.15, 0.2) is 57.5 Å². The number of nitrogens with one attached hydrogen (secondary N) is 2. The molecule has 32 heavy (non-hydrogen) atoms. The molecular weight excluding hydrogens is 507 g/mol. The zero-order valence-corrected chi connectivity index (χ0v) is 19.1. The van der Waals surface area contributed by atoms with Crippen LogP contribution in [0, 0.1) is 18.3 Å². The third-order valence-electron chi connectivity index (χ3n) is 4.74. The van der Waals surface area contributed by atoms with Gasteiger partial charge in [-0.25, -0.2) is 0 Å². The summed E-state index contributed by atoms with van der Waals surface area (Å²) in [5.41, 5.74) is 0.799. The maximum atomic E-state index is 13.3. The first-order valence-electron chi connectivity index (χ1n) is 9.38. The molecule has 2 aromatic carbocycles. The number of nitriles is 1. The number of benzene rings is 2. The maximum Gasteiger partial charge on any atom is 0.418 e. The molecule has 3 rings (SSSR count). The highest BCUT2D eigenvalue weighted by Crippen LogP contribution is 2.38. The summed E-state index contributed by atoms with van der Waals surface area (Å²) < 4.78 is 40.0. The largest absolute Gasteiger partial charge is 0.418 e. The predicted molar refractivity (Wildman–Crippen MR) is 120 cm³/mol. The van der Waals surface area contributed by atoms with E-state index >= 15 is 0 Å². The normalized spacial score (nSPS) is 16.4. The van der Waals surface area contributed by atoms with Crippen molar-refractivity contribution in [3.05, 3.63) is 74.2 Å². The van der Waals surface area contributed by atoms with E-state index in [1.54, 1.807) is 0 Å². The van der Waals surface area contributed by atoms with Gasteiger partial charge in [-0.3, -0.25) is 9.59 Å². The van der Waals surface area contributed by atoms with Crippen LogP contribution in [0.1, 0.15) is 29.0 Å². The Labute approximate surface area is 195 Å². The number of rotatable bonds is 5. The van der Waals surface area contributed by atoms with Gasteiger partial charge in [-0.1, -0.05) is 57.5 Å². The lowest BCUT2D eigenvalue weighted by Gasteiger charge is -2.25. The molecule has 0 spiro atoms. The molecule has 0 saturated carbocycles. The van der Waals surface area contributed by atoms with Crippen LogP contribution in [0.25, 0.3) is 0 Å². The molecule has 0 saturated heterocycles. The van der Waals surface area contributed by atoms with Crippen LogP contribution in [0.4, 0.5) is 18.9 Å². The molecule has 166 valence electrons. The Morgan fingerprint density at radius 3 is 2.59 bits per heavy atom. The summed E-state index contributed by atoms with van der Waals surface area (Å²) in [4.78, 5) is 24.6. The lowest BCUT2D eigenvalue weighted by Crippen LogP contribution is -2.31. The smallest absolute Gasteiger partial charge is 0.325 e. The lowest BCUT2D eigenvalue weighted by molar-refractivity contribution is -0.137. The number of carbonyl (C=O) groups is 2. The van der Waals surface area contributed by atoms with Crippen molar-refractivity contribution in [3.8, 4) is 6.07 Å². The van der Waals surface area contributed by atoms with Gasteiger partial charge in [0, 0.05) is 16.8 Å². The molecule has 0 fully saturated rings. The van der Waals surface area contributed by atoms with Crippen molar-refractivity contribution in [1.29, 1.82) is 5.26 Å². The van der Waals surface area contributed by atoms with Crippen molar-refractivity contribution in [2.75, 3.05) is 11.1 Å².